The number of nitrogens with one attached hydrogen (secondary N) is 2. The number of hydrogen-bond donors (Lipinski definition) is 3. The van der Waals surface area contributed by atoms with Crippen LogP contribution in [0, 0.1) is 5.41 Å². The lowest BCUT2D eigenvalue weighted by Crippen LogP contribution is -2.24. The summed E-state index contributed by atoms with van der Waals surface area (Å²) in [6.45, 7) is 4.28. The largest absolute Gasteiger partial charge is 0.381 e. The molecule has 0 saturated carbocycles. The van der Waals surface area contributed by atoms with Crippen LogP contribution in [0.5, 0.6) is 0 Å². The van der Waals surface area contributed by atoms with Gasteiger partial charge in [-0.05, 0) is 26.2 Å². The van der Waals surface area contributed by atoms with Crippen LogP contribution in [0.15, 0.2) is 0 Å². The van der Waals surface area contributed by atoms with Gasteiger partial charge in [0.2, 0.25) is 5.96 Å². The fourth-order valence-corrected chi connectivity index (χ4v) is 2.26. The smallest absolute Gasteiger partial charge is 0.215 e. The minimum atomic E-state index is -0.0386. The first-order valence-corrected chi connectivity index (χ1v) is 6.50. The third kappa shape index (κ3) is 2.64. The fourth-order valence-electron chi connectivity index (χ4n) is 2.26. The van der Waals surface area contributed by atoms with Crippen LogP contribution in [0.4, 0.5) is 5.82 Å². The second-order valence-electron chi connectivity index (χ2n) is 4.40. The number of nitrogens with two attached hydrogens (primary N) is 1. The standard InChI is InChI=1S/C12H21N5O/c1-2-18-8-6-10-9-5-3-4-7-15-11(9)17(16-10)12(13)14/h15H,2-8H2,1H3,(H3,13,14). The summed E-state index contributed by atoms with van der Waals surface area (Å²) in [7, 11) is 0. The molecule has 6 heteroatoms. The van der Waals surface area contributed by atoms with E-state index in [0.29, 0.717) is 13.2 Å². The van der Waals surface area contributed by atoms with Gasteiger partial charge < -0.3 is 15.8 Å². The molecule has 0 unspecified atom stereocenters. The van der Waals surface area contributed by atoms with Crippen LogP contribution in [0.1, 0.15) is 31.0 Å². The molecule has 18 heavy (non-hydrogen) atoms. The normalized spacial score (nSPS) is 14.7. The molecule has 1 aromatic heterocycles. The minimum absolute atomic E-state index is 0.0386. The number of fused-ring (bicyclic) bond motifs is 1. The van der Waals surface area contributed by atoms with Crippen LogP contribution in [0.2, 0.25) is 0 Å². The summed E-state index contributed by atoms with van der Waals surface area (Å²) in [6.07, 6.45) is 4.05. The van der Waals surface area contributed by atoms with Crippen molar-refractivity contribution in [3.63, 3.8) is 0 Å². The molecular weight excluding hydrogens is 230 g/mol. The Labute approximate surface area is 107 Å². The molecule has 0 atom stereocenters. The van der Waals surface area contributed by atoms with Crippen molar-refractivity contribution in [3.8, 4) is 0 Å². The summed E-state index contributed by atoms with van der Waals surface area (Å²) in [5.74, 6) is 0.856. The Morgan fingerprint density at radius 1 is 1.56 bits per heavy atom. The van der Waals surface area contributed by atoms with Gasteiger partial charge in [-0.3, -0.25) is 5.41 Å². The van der Waals surface area contributed by atoms with E-state index >= 15 is 0 Å². The number of nitrogen functional groups attached to an aromatic ring is 1. The summed E-state index contributed by atoms with van der Waals surface area (Å²) in [6, 6.07) is 0. The van der Waals surface area contributed by atoms with Crippen LogP contribution in [-0.2, 0) is 17.6 Å². The zero-order valence-electron chi connectivity index (χ0n) is 10.8. The SMILES string of the molecule is CCOCCc1nn(C(=N)N)c2c1CCCCN2. The van der Waals surface area contributed by atoms with Crippen molar-refractivity contribution in [2.24, 2.45) is 5.73 Å². The van der Waals surface area contributed by atoms with E-state index in [1.165, 1.54) is 10.2 Å². The Kier molecular flexibility index (Phi) is 4.19. The number of hydrogen-bond acceptors (Lipinski definition) is 4. The Hall–Kier alpha value is -1.56. The van der Waals surface area contributed by atoms with E-state index in [-0.39, 0.29) is 5.96 Å². The molecule has 0 radical (unpaired) electrons. The second kappa shape index (κ2) is 5.86. The Morgan fingerprint density at radius 3 is 3.11 bits per heavy atom. The maximum Gasteiger partial charge on any atom is 0.215 e. The number of aromatic nitrogens is 2. The highest BCUT2D eigenvalue weighted by atomic mass is 16.5. The molecule has 2 heterocycles. The summed E-state index contributed by atoms with van der Waals surface area (Å²) in [4.78, 5) is 0. The van der Waals surface area contributed by atoms with Gasteiger partial charge in [0.05, 0.1) is 12.3 Å². The molecule has 6 nitrogen and oxygen atoms in total. The summed E-state index contributed by atoms with van der Waals surface area (Å²) >= 11 is 0. The van der Waals surface area contributed by atoms with Crippen molar-refractivity contribution < 1.29 is 4.74 Å². The Bertz CT molecular complexity index is 426. The zero-order valence-corrected chi connectivity index (χ0v) is 10.8. The first-order valence-electron chi connectivity index (χ1n) is 6.50. The van der Waals surface area contributed by atoms with Gasteiger partial charge in [-0.2, -0.15) is 9.78 Å². The van der Waals surface area contributed by atoms with Gasteiger partial charge >= 0.3 is 0 Å². The fraction of sp³-hybridized carbons (Fsp3) is 0.667. The number of ether oxygens (including phenoxy) is 1. The molecule has 0 aromatic carbocycles. The van der Waals surface area contributed by atoms with Crippen LogP contribution in [0.3, 0.4) is 0 Å². The third-order valence-corrected chi connectivity index (χ3v) is 3.13. The maximum absolute atomic E-state index is 7.58. The Balaban J connectivity index is 2.25. The van der Waals surface area contributed by atoms with Gasteiger partial charge in [0.1, 0.15) is 5.82 Å². The van der Waals surface area contributed by atoms with Crippen molar-refractivity contribution in [2.45, 2.75) is 32.6 Å². The highest BCUT2D eigenvalue weighted by Crippen LogP contribution is 2.25. The molecule has 1 aliphatic rings. The van der Waals surface area contributed by atoms with Crippen molar-refractivity contribution in [1.82, 2.24) is 9.78 Å². The average molecular weight is 251 g/mol. The molecule has 4 N–H and O–H groups in total. The van der Waals surface area contributed by atoms with Gasteiger partial charge in [-0.15, -0.1) is 0 Å². The van der Waals surface area contributed by atoms with Crippen LogP contribution >= 0.6 is 0 Å². The minimum Gasteiger partial charge on any atom is -0.381 e. The molecule has 2 rings (SSSR count). The summed E-state index contributed by atoms with van der Waals surface area (Å²) in [5.41, 5.74) is 7.77. The summed E-state index contributed by atoms with van der Waals surface area (Å²) in [5, 5.41) is 15.3. The molecule has 1 aromatic rings. The third-order valence-electron chi connectivity index (χ3n) is 3.13. The molecule has 0 bridgehead atoms. The van der Waals surface area contributed by atoms with Gasteiger partial charge in [-0.1, -0.05) is 0 Å². The second-order valence-corrected chi connectivity index (χ2v) is 4.40. The van der Waals surface area contributed by atoms with Crippen LogP contribution in [0.25, 0.3) is 0 Å². The first kappa shape index (κ1) is 12.9. The number of rotatable bonds is 4. The highest BCUT2D eigenvalue weighted by molar-refractivity contribution is 5.81. The molecule has 100 valence electrons. The lowest BCUT2D eigenvalue weighted by molar-refractivity contribution is 0.150. The van der Waals surface area contributed by atoms with Gasteiger partial charge in [0.25, 0.3) is 0 Å². The summed E-state index contributed by atoms with van der Waals surface area (Å²) < 4.78 is 6.88. The monoisotopic (exact) mass is 251 g/mol. The molecule has 1 aliphatic heterocycles. The van der Waals surface area contributed by atoms with Crippen molar-refractivity contribution >= 4 is 11.8 Å². The highest BCUT2D eigenvalue weighted by Gasteiger charge is 2.20. The quantitative estimate of drug-likeness (QED) is 0.422. The first-order chi connectivity index (χ1) is 8.74. The molecule has 0 saturated heterocycles. The molecule has 0 amide bonds. The van der Waals surface area contributed by atoms with Gasteiger partial charge in [0.15, 0.2) is 0 Å². The molecule has 0 spiro atoms. The lowest BCUT2D eigenvalue weighted by Gasteiger charge is -2.06. The number of anilines is 1. The van der Waals surface area contributed by atoms with E-state index in [1.807, 2.05) is 6.92 Å². The molecule has 0 aliphatic carbocycles. The lowest BCUT2D eigenvalue weighted by atomic mass is 10.1. The van der Waals surface area contributed by atoms with Gasteiger partial charge in [-0.25, -0.2) is 0 Å². The topological polar surface area (TPSA) is 89.0 Å². The van der Waals surface area contributed by atoms with E-state index in [9.17, 15) is 0 Å². The van der Waals surface area contributed by atoms with Crippen molar-refractivity contribution in [2.75, 3.05) is 25.1 Å². The molecule has 0 fully saturated rings. The maximum atomic E-state index is 7.58. The van der Waals surface area contributed by atoms with Crippen molar-refractivity contribution in [3.05, 3.63) is 11.3 Å². The van der Waals surface area contributed by atoms with E-state index < -0.39 is 0 Å². The van der Waals surface area contributed by atoms with E-state index in [2.05, 4.69) is 10.4 Å². The molecular formula is C12H21N5O. The number of nitrogens with zero attached hydrogens (tertiary/aromatic N) is 2. The van der Waals surface area contributed by atoms with E-state index in [4.69, 9.17) is 15.9 Å². The van der Waals surface area contributed by atoms with E-state index in [0.717, 1.165) is 43.7 Å². The van der Waals surface area contributed by atoms with Crippen molar-refractivity contribution in [1.29, 1.82) is 5.41 Å². The zero-order chi connectivity index (χ0) is 13.0. The predicted molar refractivity (Wildman–Crippen MR) is 71.2 cm³/mol. The van der Waals surface area contributed by atoms with Crippen LogP contribution in [-0.4, -0.2) is 35.5 Å². The predicted octanol–water partition coefficient (Wildman–Crippen LogP) is 0.952. The van der Waals surface area contributed by atoms with Gasteiger partial charge in [0, 0.05) is 25.1 Å². The van der Waals surface area contributed by atoms with Crippen LogP contribution < -0.4 is 11.1 Å². The van der Waals surface area contributed by atoms with E-state index in [1.54, 1.807) is 0 Å². The average Bonchev–Trinajstić information content (AvgIpc) is 2.54. The Morgan fingerprint density at radius 2 is 2.39 bits per heavy atom.